The Morgan fingerprint density at radius 1 is 0.854 bits per heavy atom. The van der Waals surface area contributed by atoms with Crippen LogP contribution in [0.1, 0.15) is 25.0 Å². The van der Waals surface area contributed by atoms with Crippen molar-refractivity contribution in [2.75, 3.05) is 25.1 Å². The molecular weight excluding hydrogens is 680 g/mol. The predicted octanol–water partition coefficient (Wildman–Crippen LogP) is 6.51. The molecule has 1 N–H and O–H groups in total. The number of benzene rings is 4. The van der Waals surface area contributed by atoms with Gasteiger partial charge in [0.15, 0.2) is 11.5 Å². The first kappa shape index (κ1) is 36.5. The minimum absolute atomic E-state index is 0.0153. The van der Waals surface area contributed by atoms with Gasteiger partial charge in [-0.1, -0.05) is 59.6 Å². The van der Waals surface area contributed by atoms with Crippen LogP contribution in [0.25, 0.3) is 0 Å². The molecule has 13 heteroatoms. The fourth-order valence-electron chi connectivity index (χ4n) is 5.03. The van der Waals surface area contributed by atoms with E-state index in [1.54, 1.807) is 32.0 Å². The van der Waals surface area contributed by atoms with E-state index in [1.165, 1.54) is 49.5 Å². The standard InChI is InChI=1S/C35H36Cl2FN3O6S/c1-23(2)39-35(43)31(19-24-9-6-5-7-10-24)40(21-28-29(36)11-8-12-30(28)37)34(42)22-41(26-15-13-25(38)14-16-26)48(44,45)27-17-18-32(46-3)33(20-27)47-4/h5-18,20,23,31H,19,21-22H2,1-4H3,(H,39,43)/t31-/m0/s1. The molecule has 0 bridgehead atoms. The summed E-state index contributed by atoms with van der Waals surface area (Å²) < 4.78 is 54.1. The van der Waals surface area contributed by atoms with Crippen molar-refractivity contribution in [2.45, 2.75) is 43.8 Å². The highest BCUT2D eigenvalue weighted by Crippen LogP contribution is 2.33. The van der Waals surface area contributed by atoms with Crippen molar-refractivity contribution >= 4 is 50.7 Å². The first-order valence-electron chi connectivity index (χ1n) is 14.9. The molecule has 0 spiro atoms. The zero-order valence-corrected chi connectivity index (χ0v) is 29.2. The number of rotatable bonds is 14. The highest BCUT2D eigenvalue weighted by atomic mass is 35.5. The minimum atomic E-state index is -4.49. The number of ether oxygens (including phenoxy) is 2. The van der Waals surface area contributed by atoms with Gasteiger partial charge in [-0.2, -0.15) is 0 Å². The second-order valence-corrected chi connectivity index (χ2v) is 13.8. The molecule has 0 aliphatic rings. The smallest absolute Gasteiger partial charge is 0.264 e. The molecule has 0 aliphatic heterocycles. The second kappa shape index (κ2) is 16.2. The maximum absolute atomic E-state index is 14.6. The number of carbonyl (C=O) groups is 2. The van der Waals surface area contributed by atoms with Gasteiger partial charge in [0.1, 0.15) is 18.4 Å². The Balaban J connectivity index is 1.86. The summed E-state index contributed by atoms with van der Waals surface area (Å²) >= 11 is 13.1. The van der Waals surface area contributed by atoms with E-state index in [-0.39, 0.29) is 45.4 Å². The molecule has 0 saturated carbocycles. The van der Waals surface area contributed by atoms with Gasteiger partial charge >= 0.3 is 0 Å². The van der Waals surface area contributed by atoms with Gasteiger partial charge in [0.05, 0.1) is 24.8 Å². The normalized spacial score (nSPS) is 11.9. The number of nitrogens with one attached hydrogen (secondary N) is 1. The lowest BCUT2D eigenvalue weighted by atomic mass is 10.0. The SMILES string of the molecule is COc1ccc(S(=O)(=O)N(CC(=O)N(Cc2c(Cl)cccc2Cl)[C@@H](Cc2ccccc2)C(=O)NC(C)C)c2ccc(F)cc2)cc1OC. The van der Waals surface area contributed by atoms with Crippen LogP contribution in [0.2, 0.25) is 10.0 Å². The van der Waals surface area contributed by atoms with E-state index in [0.29, 0.717) is 11.3 Å². The van der Waals surface area contributed by atoms with Gasteiger partial charge in [0.2, 0.25) is 11.8 Å². The number of hydrogen-bond acceptors (Lipinski definition) is 6. The van der Waals surface area contributed by atoms with E-state index in [0.717, 1.165) is 22.0 Å². The summed E-state index contributed by atoms with van der Waals surface area (Å²) in [5.74, 6) is -1.35. The zero-order valence-electron chi connectivity index (χ0n) is 26.8. The first-order valence-corrected chi connectivity index (χ1v) is 17.1. The van der Waals surface area contributed by atoms with Crippen LogP contribution in [0.4, 0.5) is 10.1 Å². The van der Waals surface area contributed by atoms with Crippen LogP contribution in [0, 0.1) is 5.82 Å². The number of hydrogen-bond donors (Lipinski definition) is 1. The third-order valence-corrected chi connectivity index (χ3v) is 9.91. The number of sulfonamides is 1. The highest BCUT2D eigenvalue weighted by molar-refractivity contribution is 7.92. The molecule has 0 radical (unpaired) electrons. The van der Waals surface area contributed by atoms with Crippen molar-refractivity contribution in [1.29, 1.82) is 0 Å². The molecule has 0 saturated heterocycles. The Hall–Kier alpha value is -4.32. The van der Waals surface area contributed by atoms with Crippen molar-refractivity contribution in [3.05, 3.63) is 118 Å². The van der Waals surface area contributed by atoms with Crippen molar-refractivity contribution in [1.82, 2.24) is 10.2 Å². The molecule has 0 fully saturated rings. The minimum Gasteiger partial charge on any atom is -0.493 e. The van der Waals surface area contributed by atoms with Crippen LogP contribution in [-0.4, -0.2) is 58.0 Å². The van der Waals surface area contributed by atoms with E-state index in [1.807, 2.05) is 30.3 Å². The summed E-state index contributed by atoms with van der Waals surface area (Å²) in [5.41, 5.74) is 1.15. The van der Waals surface area contributed by atoms with Gasteiger partial charge in [0, 0.05) is 40.7 Å². The molecule has 48 heavy (non-hydrogen) atoms. The third kappa shape index (κ3) is 8.77. The lowest BCUT2D eigenvalue weighted by Crippen LogP contribution is -2.54. The first-order chi connectivity index (χ1) is 22.8. The van der Waals surface area contributed by atoms with E-state index >= 15 is 0 Å². The molecule has 4 aromatic rings. The van der Waals surface area contributed by atoms with Crippen LogP contribution in [0.15, 0.2) is 95.9 Å². The van der Waals surface area contributed by atoms with E-state index in [9.17, 15) is 22.4 Å². The van der Waals surface area contributed by atoms with Gasteiger partial charge < -0.3 is 19.7 Å². The summed E-state index contributed by atoms with van der Waals surface area (Å²) in [4.78, 5) is 29.5. The number of amides is 2. The third-order valence-electron chi connectivity index (χ3n) is 7.43. The number of halogens is 3. The molecular formula is C35H36Cl2FN3O6S. The Kier molecular flexibility index (Phi) is 12.3. The largest absolute Gasteiger partial charge is 0.493 e. The fourth-order valence-corrected chi connectivity index (χ4v) is 6.98. The molecule has 0 aromatic heterocycles. The Morgan fingerprint density at radius 3 is 2.06 bits per heavy atom. The summed E-state index contributed by atoms with van der Waals surface area (Å²) in [6.07, 6.45) is 0.103. The van der Waals surface area contributed by atoms with Crippen molar-refractivity contribution < 1.29 is 31.9 Å². The molecule has 2 amide bonds. The molecule has 9 nitrogen and oxygen atoms in total. The Bertz CT molecular complexity index is 1820. The lowest BCUT2D eigenvalue weighted by Gasteiger charge is -2.34. The van der Waals surface area contributed by atoms with Crippen LogP contribution in [0.5, 0.6) is 11.5 Å². The molecule has 0 unspecified atom stereocenters. The maximum Gasteiger partial charge on any atom is 0.264 e. The summed E-state index contributed by atoms with van der Waals surface area (Å²) in [7, 11) is -1.71. The summed E-state index contributed by atoms with van der Waals surface area (Å²) in [6.45, 7) is 2.61. The van der Waals surface area contributed by atoms with Gasteiger partial charge in [-0.3, -0.25) is 13.9 Å². The van der Waals surface area contributed by atoms with Crippen LogP contribution in [0.3, 0.4) is 0 Å². The molecule has 4 rings (SSSR count). The zero-order chi connectivity index (χ0) is 35.0. The van der Waals surface area contributed by atoms with Gasteiger partial charge in [-0.05, 0) is 67.9 Å². The van der Waals surface area contributed by atoms with Gasteiger partial charge in [-0.25, -0.2) is 12.8 Å². The Labute approximate surface area is 290 Å². The number of carbonyl (C=O) groups excluding carboxylic acids is 2. The van der Waals surface area contributed by atoms with Crippen LogP contribution < -0.4 is 19.1 Å². The molecule has 1 atom stereocenters. The number of anilines is 1. The quantitative estimate of drug-likeness (QED) is 0.160. The Morgan fingerprint density at radius 2 is 1.48 bits per heavy atom. The van der Waals surface area contributed by atoms with Crippen LogP contribution >= 0.6 is 23.2 Å². The predicted molar refractivity (Wildman–Crippen MR) is 185 cm³/mol. The number of methoxy groups -OCH3 is 2. The van der Waals surface area contributed by atoms with Gasteiger partial charge in [-0.15, -0.1) is 0 Å². The molecule has 0 heterocycles. The second-order valence-electron chi connectivity index (χ2n) is 11.1. The average Bonchev–Trinajstić information content (AvgIpc) is 3.06. The fraction of sp³-hybridized carbons (Fsp3) is 0.257. The van der Waals surface area contributed by atoms with E-state index < -0.39 is 40.2 Å². The van der Waals surface area contributed by atoms with Gasteiger partial charge in [0.25, 0.3) is 10.0 Å². The van der Waals surface area contributed by atoms with Crippen molar-refractivity contribution in [3.8, 4) is 11.5 Å². The average molecular weight is 717 g/mol. The van der Waals surface area contributed by atoms with Crippen LogP contribution in [-0.2, 0) is 32.6 Å². The highest BCUT2D eigenvalue weighted by Gasteiger charge is 2.35. The maximum atomic E-state index is 14.6. The van der Waals surface area contributed by atoms with Crippen molar-refractivity contribution in [2.24, 2.45) is 0 Å². The monoisotopic (exact) mass is 715 g/mol. The molecule has 254 valence electrons. The van der Waals surface area contributed by atoms with E-state index in [4.69, 9.17) is 32.7 Å². The topological polar surface area (TPSA) is 105 Å². The lowest BCUT2D eigenvalue weighted by molar-refractivity contribution is -0.140. The molecule has 4 aromatic carbocycles. The summed E-state index contributed by atoms with van der Waals surface area (Å²) in [6, 6.07) is 21.3. The molecule has 0 aliphatic carbocycles. The van der Waals surface area contributed by atoms with Crippen molar-refractivity contribution in [3.63, 3.8) is 0 Å². The summed E-state index contributed by atoms with van der Waals surface area (Å²) in [5, 5.41) is 3.41. The number of nitrogens with zero attached hydrogens (tertiary/aromatic N) is 2. The van der Waals surface area contributed by atoms with E-state index in [2.05, 4.69) is 5.32 Å².